The normalized spacial score (nSPS) is 12.6. The van der Waals surface area contributed by atoms with E-state index in [0.29, 0.717) is 5.54 Å². The van der Waals surface area contributed by atoms with Crippen molar-refractivity contribution in [2.45, 2.75) is 45.2 Å². The van der Waals surface area contributed by atoms with Crippen molar-refractivity contribution in [3.05, 3.63) is 12.7 Å². The van der Waals surface area contributed by atoms with Crippen LogP contribution in [-0.2, 0) is 9.22 Å². The molecule has 0 aromatic rings. The van der Waals surface area contributed by atoms with Crippen LogP contribution >= 0.6 is 0 Å². The first-order valence-corrected chi connectivity index (χ1v) is 6.90. The van der Waals surface area contributed by atoms with Gasteiger partial charge < -0.3 is 4.43 Å². The molecule has 0 rings (SSSR count). The van der Waals surface area contributed by atoms with Crippen molar-refractivity contribution < 1.29 is 9.22 Å². The molecule has 0 aliphatic heterocycles. The lowest BCUT2D eigenvalue weighted by Crippen LogP contribution is -2.24. The highest BCUT2D eigenvalue weighted by Crippen LogP contribution is 2.16. The van der Waals surface area contributed by atoms with Crippen molar-refractivity contribution in [1.29, 1.82) is 0 Å². The zero-order valence-electron chi connectivity index (χ0n) is 8.88. The lowest BCUT2D eigenvalue weighted by molar-refractivity contribution is -0.129. The Morgan fingerprint density at radius 2 is 2.23 bits per heavy atom. The molecule has 0 aliphatic carbocycles. The molecule has 1 atom stereocenters. The zero-order chi connectivity index (χ0) is 10.3. The van der Waals surface area contributed by atoms with E-state index in [1.54, 1.807) is 0 Å². The van der Waals surface area contributed by atoms with E-state index in [2.05, 4.69) is 27.4 Å². The molecule has 0 saturated heterocycles. The van der Waals surface area contributed by atoms with Crippen LogP contribution in [0.2, 0.25) is 11.6 Å². The van der Waals surface area contributed by atoms with Crippen molar-refractivity contribution in [3.63, 3.8) is 0 Å². The molecule has 0 heterocycles. The van der Waals surface area contributed by atoms with Crippen LogP contribution in [0.1, 0.15) is 33.6 Å². The number of hydrogen-bond donors (Lipinski definition) is 0. The number of carbonyl (C=O) groups is 1. The Morgan fingerprint density at radius 1 is 1.62 bits per heavy atom. The third kappa shape index (κ3) is 5.63. The highest BCUT2D eigenvalue weighted by atomic mass is 28.3. The second-order valence-corrected chi connectivity index (χ2v) is 6.79. The minimum Gasteiger partial charge on any atom is -0.519 e. The maximum absolute atomic E-state index is 11.0. The van der Waals surface area contributed by atoms with Gasteiger partial charge in [-0.3, -0.25) is 0 Å². The Kier molecular flexibility index (Phi) is 6.59. The summed E-state index contributed by atoms with van der Waals surface area (Å²) in [6.45, 7) is 9.81. The SMILES string of the molecule is C=CC(=O)O[SiH](CCCC)C(C)C. The molecule has 0 aromatic heterocycles. The molecule has 0 amide bonds. The van der Waals surface area contributed by atoms with Crippen LogP contribution in [0.3, 0.4) is 0 Å². The molecule has 13 heavy (non-hydrogen) atoms. The fraction of sp³-hybridized carbons (Fsp3) is 0.700. The Balaban J connectivity index is 3.93. The van der Waals surface area contributed by atoms with Gasteiger partial charge in [-0.25, -0.2) is 4.79 Å². The van der Waals surface area contributed by atoms with Gasteiger partial charge in [-0.05, 0) is 11.6 Å². The zero-order valence-corrected chi connectivity index (χ0v) is 10.0. The molecule has 76 valence electrons. The van der Waals surface area contributed by atoms with Crippen LogP contribution in [-0.4, -0.2) is 15.0 Å². The molecule has 1 unspecified atom stereocenters. The molecule has 0 saturated carbocycles. The minimum absolute atomic E-state index is 0.249. The number of rotatable bonds is 6. The van der Waals surface area contributed by atoms with E-state index in [1.807, 2.05) is 0 Å². The van der Waals surface area contributed by atoms with E-state index >= 15 is 0 Å². The highest BCUT2D eigenvalue weighted by molar-refractivity contribution is 6.55. The highest BCUT2D eigenvalue weighted by Gasteiger charge is 2.18. The molecular weight excluding hydrogens is 180 g/mol. The van der Waals surface area contributed by atoms with Gasteiger partial charge in [-0.2, -0.15) is 0 Å². The van der Waals surface area contributed by atoms with Crippen LogP contribution in [0.4, 0.5) is 0 Å². The maximum Gasteiger partial charge on any atom is 0.316 e. The van der Waals surface area contributed by atoms with E-state index < -0.39 is 9.04 Å². The molecule has 0 aliphatic rings. The predicted octanol–water partition coefficient (Wildman–Crippen LogP) is 2.65. The standard InChI is InChI=1S/C10H20O2Si/c1-5-7-8-13(9(3)4)12-10(11)6-2/h6,9,13H,2,5,7-8H2,1,3-4H3. The first-order valence-electron chi connectivity index (χ1n) is 4.94. The summed E-state index contributed by atoms with van der Waals surface area (Å²) < 4.78 is 5.35. The van der Waals surface area contributed by atoms with Gasteiger partial charge in [-0.15, -0.1) is 0 Å². The fourth-order valence-corrected chi connectivity index (χ4v) is 3.39. The van der Waals surface area contributed by atoms with Crippen molar-refractivity contribution in [1.82, 2.24) is 0 Å². The summed E-state index contributed by atoms with van der Waals surface area (Å²) in [6, 6.07) is 1.09. The lowest BCUT2D eigenvalue weighted by atomic mass is 10.4. The number of unbranched alkanes of at least 4 members (excludes halogenated alkanes) is 1. The monoisotopic (exact) mass is 200 g/mol. The van der Waals surface area contributed by atoms with Crippen molar-refractivity contribution in [2.75, 3.05) is 0 Å². The largest absolute Gasteiger partial charge is 0.519 e. The van der Waals surface area contributed by atoms with E-state index in [4.69, 9.17) is 4.43 Å². The summed E-state index contributed by atoms with van der Waals surface area (Å²) in [7, 11) is -1.32. The minimum atomic E-state index is -1.32. The van der Waals surface area contributed by atoms with Gasteiger partial charge in [0.25, 0.3) is 0 Å². The van der Waals surface area contributed by atoms with Crippen LogP contribution in [0, 0.1) is 0 Å². The summed E-state index contributed by atoms with van der Waals surface area (Å²) in [6.07, 6.45) is 3.59. The Bertz CT molecular complexity index is 166. The van der Waals surface area contributed by atoms with Gasteiger partial charge >= 0.3 is 5.97 Å². The van der Waals surface area contributed by atoms with Gasteiger partial charge in [0.1, 0.15) is 0 Å². The molecule has 0 N–H and O–H groups in total. The van der Waals surface area contributed by atoms with Crippen molar-refractivity contribution in [3.8, 4) is 0 Å². The lowest BCUT2D eigenvalue weighted by Gasteiger charge is -2.18. The molecular formula is C10H20O2Si. The summed E-state index contributed by atoms with van der Waals surface area (Å²) in [5.74, 6) is -0.249. The molecule has 0 aromatic carbocycles. The predicted molar refractivity (Wildman–Crippen MR) is 58.3 cm³/mol. The molecule has 0 spiro atoms. The molecule has 0 radical (unpaired) electrons. The average Bonchev–Trinajstić information content (AvgIpc) is 2.11. The summed E-state index contributed by atoms with van der Waals surface area (Å²) in [5, 5.41) is 0. The van der Waals surface area contributed by atoms with Crippen LogP contribution in [0.5, 0.6) is 0 Å². The first-order chi connectivity index (χ1) is 6.11. The Morgan fingerprint density at radius 3 is 2.62 bits per heavy atom. The van der Waals surface area contributed by atoms with Gasteiger partial charge in [-0.1, -0.05) is 40.2 Å². The van der Waals surface area contributed by atoms with Gasteiger partial charge in [0.2, 0.25) is 9.04 Å². The summed E-state index contributed by atoms with van der Waals surface area (Å²) >= 11 is 0. The summed E-state index contributed by atoms with van der Waals surface area (Å²) in [5.41, 5.74) is 0.524. The van der Waals surface area contributed by atoms with Crippen LogP contribution < -0.4 is 0 Å². The third-order valence-electron chi connectivity index (χ3n) is 2.02. The first kappa shape index (κ1) is 12.4. The average molecular weight is 200 g/mol. The molecule has 2 nitrogen and oxygen atoms in total. The topological polar surface area (TPSA) is 26.3 Å². The van der Waals surface area contributed by atoms with Gasteiger partial charge in [0, 0.05) is 6.08 Å². The number of carbonyl (C=O) groups excluding carboxylic acids is 1. The van der Waals surface area contributed by atoms with E-state index in [-0.39, 0.29) is 5.97 Å². The maximum atomic E-state index is 11.0. The Hall–Kier alpha value is -0.573. The molecule has 0 fully saturated rings. The van der Waals surface area contributed by atoms with E-state index in [0.717, 1.165) is 6.04 Å². The molecule has 0 bridgehead atoms. The Labute approximate surface area is 82.7 Å². The van der Waals surface area contributed by atoms with Crippen molar-refractivity contribution in [2.24, 2.45) is 0 Å². The quantitative estimate of drug-likeness (QED) is 0.487. The smallest absolute Gasteiger partial charge is 0.316 e. The van der Waals surface area contributed by atoms with Crippen LogP contribution in [0.25, 0.3) is 0 Å². The molecule has 3 heteroatoms. The summed E-state index contributed by atoms with van der Waals surface area (Å²) in [4.78, 5) is 11.0. The van der Waals surface area contributed by atoms with Gasteiger partial charge in [0.15, 0.2) is 0 Å². The fourth-order valence-electron chi connectivity index (χ4n) is 1.13. The second-order valence-electron chi connectivity index (χ2n) is 3.57. The second kappa shape index (κ2) is 6.89. The van der Waals surface area contributed by atoms with E-state index in [9.17, 15) is 4.79 Å². The van der Waals surface area contributed by atoms with E-state index in [1.165, 1.54) is 18.9 Å². The van der Waals surface area contributed by atoms with Gasteiger partial charge in [0.05, 0.1) is 0 Å². The third-order valence-corrected chi connectivity index (χ3v) is 5.02. The van der Waals surface area contributed by atoms with Crippen molar-refractivity contribution >= 4 is 15.0 Å². The number of hydrogen-bond acceptors (Lipinski definition) is 2. The van der Waals surface area contributed by atoms with Crippen LogP contribution in [0.15, 0.2) is 12.7 Å².